The summed E-state index contributed by atoms with van der Waals surface area (Å²) in [7, 11) is 0. The molecule has 1 atom stereocenters. The Morgan fingerprint density at radius 2 is 2.04 bits per heavy atom. The van der Waals surface area contributed by atoms with Gasteiger partial charge < -0.3 is 15.2 Å². The number of carbonyl (C=O) groups is 2. The molecule has 27 heavy (non-hydrogen) atoms. The van der Waals surface area contributed by atoms with Gasteiger partial charge in [-0.3, -0.25) is 4.79 Å². The zero-order valence-corrected chi connectivity index (χ0v) is 17.5. The summed E-state index contributed by atoms with van der Waals surface area (Å²) in [5, 5.41) is 13.8. The minimum Gasteiger partial charge on any atom is -0.511 e. The normalized spacial score (nSPS) is 17.8. The number of nitrogens with one attached hydrogen (secondary N) is 1. The lowest BCUT2D eigenvalue weighted by Gasteiger charge is -2.34. The number of hydrogen-bond acceptors (Lipinski definition) is 5. The van der Waals surface area contributed by atoms with Gasteiger partial charge in [0.2, 0.25) is 0 Å². The number of amides is 2. The molecule has 2 amide bonds. The highest BCUT2D eigenvalue weighted by Gasteiger charge is 2.40. The van der Waals surface area contributed by atoms with Crippen LogP contribution in [0.3, 0.4) is 0 Å². The number of thiocarbonyl (C=S) groups is 1. The molecule has 0 fully saturated rings. The van der Waals surface area contributed by atoms with E-state index >= 15 is 0 Å². The minimum absolute atomic E-state index is 0.0170. The summed E-state index contributed by atoms with van der Waals surface area (Å²) in [5.41, 5.74) is 0.496. The Balaban J connectivity index is 2.31. The smallest absolute Gasteiger partial charge is 0.417 e. The highest BCUT2D eigenvalue weighted by molar-refractivity contribution is 7.81. The molecule has 0 saturated carbocycles. The Labute approximate surface area is 169 Å². The lowest BCUT2D eigenvalue weighted by Crippen LogP contribution is -2.50. The predicted octanol–water partition coefficient (Wildman–Crippen LogP) is 4.76. The van der Waals surface area contributed by atoms with Gasteiger partial charge in [0.1, 0.15) is 21.9 Å². The standard InChI is InChI=1S/C19H23ClN2O4S/c1-10-9-14(23)15(17(24)22(10)18(25)26-19(3,4)5)16(27)21-13-8-6-7-12(20)11(13)2/h6-8,10,23H,9H2,1-5H3,(H,21,27)/t10-/m1/s1. The van der Waals surface area contributed by atoms with E-state index in [-0.39, 0.29) is 22.7 Å². The second kappa shape index (κ2) is 7.86. The van der Waals surface area contributed by atoms with Crippen LogP contribution in [-0.4, -0.2) is 38.6 Å². The molecule has 146 valence electrons. The summed E-state index contributed by atoms with van der Waals surface area (Å²) in [5.74, 6) is -0.859. The van der Waals surface area contributed by atoms with Crippen LogP contribution >= 0.6 is 23.8 Å². The largest absolute Gasteiger partial charge is 0.511 e. The first-order chi connectivity index (χ1) is 12.4. The number of imide groups is 1. The van der Waals surface area contributed by atoms with Crippen molar-refractivity contribution in [3.8, 4) is 0 Å². The van der Waals surface area contributed by atoms with Gasteiger partial charge in [0.05, 0.1) is 0 Å². The highest BCUT2D eigenvalue weighted by Crippen LogP contribution is 2.28. The van der Waals surface area contributed by atoms with Crippen molar-refractivity contribution in [1.29, 1.82) is 0 Å². The van der Waals surface area contributed by atoms with Crippen LogP contribution in [0.5, 0.6) is 0 Å². The molecule has 1 aliphatic rings. The third-order valence-electron chi connectivity index (χ3n) is 3.98. The van der Waals surface area contributed by atoms with E-state index in [9.17, 15) is 14.7 Å². The molecule has 2 N–H and O–H groups in total. The van der Waals surface area contributed by atoms with Crippen molar-refractivity contribution in [2.75, 3.05) is 5.32 Å². The minimum atomic E-state index is -0.772. The molecule has 0 saturated heterocycles. The molecular weight excluding hydrogens is 388 g/mol. The van der Waals surface area contributed by atoms with E-state index in [4.69, 9.17) is 28.6 Å². The molecule has 6 nitrogen and oxygen atoms in total. The van der Waals surface area contributed by atoms with Crippen molar-refractivity contribution in [3.05, 3.63) is 40.1 Å². The molecule has 1 aliphatic heterocycles. The molecule has 0 bridgehead atoms. The number of rotatable bonds is 2. The Bertz CT molecular complexity index is 829. The van der Waals surface area contributed by atoms with E-state index in [1.54, 1.807) is 52.8 Å². The van der Waals surface area contributed by atoms with Crippen molar-refractivity contribution in [2.45, 2.75) is 52.7 Å². The van der Waals surface area contributed by atoms with Crippen molar-refractivity contribution < 1.29 is 19.4 Å². The van der Waals surface area contributed by atoms with Gasteiger partial charge >= 0.3 is 6.09 Å². The van der Waals surface area contributed by atoms with Gasteiger partial charge in [0.25, 0.3) is 5.91 Å². The first-order valence-electron chi connectivity index (χ1n) is 8.47. The van der Waals surface area contributed by atoms with Crippen LogP contribution in [0, 0.1) is 6.92 Å². The summed E-state index contributed by atoms with van der Waals surface area (Å²) in [6, 6.07) is 4.69. The van der Waals surface area contributed by atoms with Gasteiger partial charge in [-0.15, -0.1) is 0 Å². The Hall–Kier alpha value is -2.12. The molecule has 0 spiro atoms. The van der Waals surface area contributed by atoms with Gasteiger partial charge in [0, 0.05) is 23.2 Å². The monoisotopic (exact) mass is 410 g/mol. The van der Waals surface area contributed by atoms with E-state index in [1.165, 1.54) is 0 Å². The third kappa shape index (κ3) is 4.78. The van der Waals surface area contributed by atoms with E-state index < -0.39 is 23.6 Å². The van der Waals surface area contributed by atoms with E-state index in [0.29, 0.717) is 10.7 Å². The molecule has 0 aliphatic carbocycles. The maximum absolute atomic E-state index is 12.9. The SMILES string of the molecule is Cc1c(Cl)cccc1NC(=S)C1=C(O)C[C@@H](C)N(C(=O)OC(C)(C)C)C1=O. The third-order valence-corrected chi connectivity index (χ3v) is 4.70. The first-order valence-corrected chi connectivity index (χ1v) is 9.26. The summed E-state index contributed by atoms with van der Waals surface area (Å²) in [6.45, 7) is 8.61. The van der Waals surface area contributed by atoms with Gasteiger partial charge in [-0.2, -0.15) is 0 Å². The van der Waals surface area contributed by atoms with Crippen LogP contribution in [0.25, 0.3) is 0 Å². The predicted molar refractivity (Wildman–Crippen MR) is 109 cm³/mol. The number of aliphatic hydroxyl groups excluding tert-OH is 1. The number of nitrogens with zero attached hydrogens (tertiary/aromatic N) is 1. The zero-order chi connectivity index (χ0) is 20.5. The number of carbonyl (C=O) groups excluding carboxylic acids is 2. The van der Waals surface area contributed by atoms with Crippen LogP contribution < -0.4 is 5.32 Å². The second-order valence-electron chi connectivity index (χ2n) is 7.40. The number of halogens is 1. The Kier molecular flexibility index (Phi) is 6.17. The molecule has 0 unspecified atom stereocenters. The Morgan fingerprint density at radius 1 is 1.41 bits per heavy atom. The highest BCUT2D eigenvalue weighted by atomic mass is 35.5. The summed E-state index contributed by atoms with van der Waals surface area (Å²) < 4.78 is 5.32. The van der Waals surface area contributed by atoms with E-state index in [2.05, 4.69) is 5.32 Å². The van der Waals surface area contributed by atoms with Crippen LogP contribution in [0.4, 0.5) is 10.5 Å². The van der Waals surface area contributed by atoms with Crippen LogP contribution in [-0.2, 0) is 9.53 Å². The van der Waals surface area contributed by atoms with Crippen molar-refractivity contribution >= 4 is 46.5 Å². The number of anilines is 1. The van der Waals surface area contributed by atoms with Gasteiger partial charge in [-0.05, 0) is 52.3 Å². The molecule has 1 aromatic rings. The van der Waals surface area contributed by atoms with Gasteiger partial charge in [-0.25, -0.2) is 9.69 Å². The van der Waals surface area contributed by atoms with Crippen LogP contribution in [0.2, 0.25) is 5.02 Å². The molecule has 1 aromatic carbocycles. The van der Waals surface area contributed by atoms with E-state index in [0.717, 1.165) is 10.5 Å². The lowest BCUT2D eigenvalue weighted by molar-refractivity contribution is -0.128. The quantitative estimate of drug-likeness (QED) is 0.684. The summed E-state index contributed by atoms with van der Waals surface area (Å²) >= 11 is 11.4. The average molecular weight is 411 g/mol. The summed E-state index contributed by atoms with van der Waals surface area (Å²) in [6.07, 6.45) is -0.678. The molecule has 0 radical (unpaired) electrons. The fourth-order valence-corrected chi connectivity index (χ4v) is 3.14. The molecule has 0 aromatic heterocycles. The number of aliphatic hydroxyl groups is 1. The molecule has 1 heterocycles. The number of benzene rings is 1. The molecular formula is C19H23ClN2O4S. The Morgan fingerprint density at radius 3 is 2.63 bits per heavy atom. The topological polar surface area (TPSA) is 78.9 Å². The van der Waals surface area contributed by atoms with Crippen LogP contribution in [0.15, 0.2) is 29.5 Å². The maximum Gasteiger partial charge on any atom is 0.417 e. The summed E-state index contributed by atoms with van der Waals surface area (Å²) in [4.78, 5) is 26.4. The van der Waals surface area contributed by atoms with Gasteiger partial charge in [0.15, 0.2) is 0 Å². The number of hydrogen-bond donors (Lipinski definition) is 2. The maximum atomic E-state index is 12.9. The van der Waals surface area contributed by atoms with Crippen molar-refractivity contribution in [1.82, 2.24) is 4.90 Å². The fourth-order valence-electron chi connectivity index (χ4n) is 2.65. The number of ether oxygens (including phenoxy) is 1. The molecule has 8 heteroatoms. The lowest BCUT2D eigenvalue weighted by atomic mass is 10.0. The molecule has 2 rings (SSSR count). The van der Waals surface area contributed by atoms with E-state index in [1.807, 2.05) is 0 Å². The zero-order valence-electron chi connectivity index (χ0n) is 15.9. The van der Waals surface area contributed by atoms with Crippen molar-refractivity contribution in [2.24, 2.45) is 0 Å². The van der Waals surface area contributed by atoms with Gasteiger partial charge in [-0.1, -0.05) is 29.9 Å². The second-order valence-corrected chi connectivity index (χ2v) is 8.21. The van der Waals surface area contributed by atoms with Crippen LogP contribution in [0.1, 0.15) is 39.7 Å². The fraction of sp³-hybridized carbons (Fsp3) is 0.421. The average Bonchev–Trinajstić information content (AvgIpc) is 2.49. The van der Waals surface area contributed by atoms with Crippen molar-refractivity contribution in [3.63, 3.8) is 0 Å². The first kappa shape index (κ1) is 21.2.